The van der Waals surface area contributed by atoms with Crippen molar-refractivity contribution in [2.45, 2.75) is 6.54 Å². The first-order valence-corrected chi connectivity index (χ1v) is 9.01. The lowest BCUT2D eigenvalue weighted by molar-refractivity contribution is -0.102. The second kappa shape index (κ2) is 7.40. The van der Waals surface area contributed by atoms with E-state index < -0.39 is 0 Å². The number of amides is 1. The molecule has 148 valence electrons. The van der Waals surface area contributed by atoms with Gasteiger partial charge in [0.2, 0.25) is 0 Å². The lowest BCUT2D eigenvalue weighted by atomic mass is 10.1. The molecule has 0 unspecified atom stereocenters. The van der Waals surface area contributed by atoms with Crippen molar-refractivity contribution in [1.82, 2.24) is 19.8 Å². The molecule has 0 saturated heterocycles. The Morgan fingerprint density at radius 3 is 2.59 bits per heavy atom. The van der Waals surface area contributed by atoms with Crippen molar-refractivity contribution >= 4 is 33.5 Å². The number of nitrogens with zero attached hydrogens (tertiary/aromatic N) is 4. The fourth-order valence-corrected chi connectivity index (χ4v) is 3.35. The maximum Gasteiger partial charge on any atom is 0.277 e. The van der Waals surface area contributed by atoms with Gasteiger partial charge in [0.05, 0.1) is 43.4 Å². The Kier molecular flexibility index (Phi) is 4.77. The predicted octanol–water partition coefficient (Wildman–Crippen LogP) is 2.92. The highest BCUT2D eigenvalue weighted by Gasteiger charge is 2.19. The van der Waals surface area contributed by atoms with Crippen molar-refractivity contribution in [1.29, 1.82) is 0 Å². The van der Waals surface area contributed by atoms with E-state index in [9.17, 15) is 4.79 Å². The highest BCUT2D eigenvalue weighted by molar-refractivity contribution is 6.10. The van der Waals surface area contributed by atoms with E-state index in [0.29, 0.717) is 23.4 Å². The number of aryl methyl sites for hydroxylation is 1. The van der Waals surface area contributed by atoms with Crippen LogP contribution < -0.4 is 10.5 Å². The Labute approximate surface area is 167 Å². The van der Waals surface area contributed by atoms with Gasteiger partial charge in [0.25, 0.3) is 5.91 Å². The molecule has 1 amide bonds. The number of fused-ring (bicyclic) bond motifs is 3. The molecule has 2 N–H and O–H groups in total. The number of nitrogen functional groups attached to an aromatic ring is 1. The summed E-state index contributed by atoms with van der Waals surface area (Å²) in [5.41, 5.74) is 8.99. The van der Waals surface area contributed by atoms with E-state index in [-0.39, 0.29) is 5.91 Å². The molecule has 0 bridgehead atoms. The molecular formula is C21H21N5O3. The molecule has 0 atom stereocenters. The van der Waals surface area contributed by atoms with Gasteiger partial charge in [0.1, 0.15) is 11.6 Å². The molecule has 0 spiro atoms. The molecule has 4 aromatic rings. The SMILES string of the molecule is COc1ccc(CN(OC)C(=O)c2ccc3nc(N)c4cnn(C)c4c3c2)cc1. The molecule has 0 fully saturated rings. The zero-order valence-electron chi connectivity index (χ0n) is 16.4. The highest BCUT2D eigenvalue weighted by Crippen LogP contribution is 2.28. The third kappa shape index (κ3) is 3.34. The standard InChI is InChI=1S/C21H21N5O3/c1-25-19-16-10-14(6-9-18(16)24-20(22)17(19)11-23-25)21(27)26(29-3)12-13-4-7-15(28-2)8-5-13/h4-11H,12H2,1-3H3,(H2,22,24). The number of carbonyl (C=O) groups is 1. The van der Waals surface area contributed by atoms with Gasteiger partial charge in [-0.25, -0.2) is 10.0 Å². The van der Waals surface area contributed by atoms with Crippen molar-refractivity contribution in [3.05, 3.63) is 59.8 Å². The third-order valence-electron chi connectivity index (χ3n) is 4.89. The molecule has 8 heteroatoms. The van der Waals surface area contributed by atoms with Gasteiger partial charge < -0.3 is 10.5 Å². The van der Waals surface area contributed by atoms with E-state index >= 15 is 0 Å². The summed E-state index contributed by atoms with van der Waals surface area (Å²) >= 11 is 0. The van der Waals surface area contributed by atoms with Gasteiger partial charge in [-0.2, -0.15) is 5.10 Å². The van der Waals surface area contributed by atoms with Crippen LogP contribution in [-0.2, 0) is 18.4 Å². The normalized spacial score (nSPS) is 11.1. The fraction of sp³-hybridized carbons (Fsp3) is 0.190. The molecule has 0 radical (unpaired) electrons. The quantitative estimate of drug-likeness (QED) is 0.526. The minimum Gasteiger partial charge on any atom is -0.497 e. The Hall–Kier alpha value is -3.65. The number of carbonyl (C=O) groups excluding carboxylic acids is 1. The summed E-state index contributed by atoms with van der Waals surface area (Å²) in [6.07, 6.45) is 1.68. The van der Waals surface area contributed by atoms with Crippen LogP contribution in [0.2, 0.25) is 0 Å². The molecule has 0 aliphatic carbocycles. The van der Waals surface area contributed by atoms with Crippen LogP contribution in [0.4, 0.5) is 5.82 Å². The first-order chi connectivity index (χ1) is 14.0. The molecular weight excluding hydrogens is 370 g/mol. The van der Waals surface area contributed by atoms with Crippen LogP contribution in [-0.4, -0.2) is 40.0 Å². The second-order valence-corrected chi connectivity index (χ2v) is 6.63. The number of hydrogen-bond acceptors (Lipinski definition) is 6. The van der Waals surface area contributed by atoms with Crippen LogP contribution in [0.1, 0.15) is 15.9 Å². The van der Waals surface area contributed by atoms with E-state index in [1.165, 1.54) is 12.2 Å². The lowest BCUT2D eigenvalue weighted by Gasteiger charge is -2.20. The number of pyridine rings is 1. The van der Waals surface area contributed by atoms with Gasteiger partial charge in [0.15, 0.2) is 0 Å². The van der Waals surface area contributed by atoms with Crippen LogP contribution in [0.5, 0.6) is 5.75 Å². The Balaban J connectivity index is 1.70. The fourth-order valence-electron chi connectivity index (χ4n) is 3.35. The molecule has 2 heterocycles. The largest absolute Gasteiger partial charge is 0.497 e. The van der Waals surface area contributed by atoms with E-state index in [0.717, 1.165) is 27.6 Å². The number of methoxy groups -OCH3 is 1. The molecule has 8 nitrogen and oxygen atoms in total. The van der Waals surface area contributed by atoms with E-state index in [1.54, 1.807) is 36.2 Å². The molecule has 2 aromatic carbocycles. The number of aromatic nitrogens is 3. The zero-order valence-corrected chi connectivity index (χ0v) is 16.4. The van der Waals surface area contributed by atoms with Crippen molar-refractivity contribution in [2.75, 3.05) is 20.0 Å². The van der Waals surface area contributed by atoms with E-state index in [4.69, 9.17) is 15.3 Å². The summed E-state index contributed by atoms with van der Waals surface area (Å²) in [5, 5.41) is 7.14. The topological polar surface area (TPSA) is 95.5 Å². The van der Waals surface area contributed by atoms with Crippen molar-refractivity contribution in [3.8, 4) is 5.75 Å². The molecule has 4 rings (SSSR count). The van der Waals surface area contributed by atoms with Crippen LogP contribution in [0.25, 0.3) is 21.8 Å². The smallest absolute Gasteiger partial charge is 0.277 e. The van der Waals surface area contributed by atoms with Gasteiger partial charge in [0, 0.05) is 18.0 Å². The summed E-state index contributed by atoms with van der Waals surface area (Å²) in [4.78, 5) is 22.9. The summed E-state index contributed by atoms with van der Waals surface area (Å²) in [5.74, 6) is 0.917. The first-order valence-electron chi connectivity index (χ1n) is 9.01. The Morgan fingerprint density at radius 1 is 1.14 bits per heavy atom. The van der Waals surface area contributed by atoms with Crippen LogP contribution in [0.15, 0.2) is 48.7 Å². The number of anilines is 1. The molecule has 0 aliphatic heterocycles. The number of hydrogen-bond donors (Lipinski definition) is 1. The Bertz CT molecular complexity index is 1200. The summed E-state index contributed by atoms with van der Waals surface area (Å²) in [7, 11) is 4.92. The monoisotopic (exact) mass is 391 g/mol. The summed E-state index contributed by atoms with van der Waals surface area (Å²) in [6.45, 7) is 0.304. The van der Waals surface area contributed by atoms with Crippen LogP contribution in [0, 0.1) is 0 Å². The maximum absolute atomic E-state index is 13.1. The molecule has 2 aromatic heterocycles. The summed E-state index contributed by atoms with van der Waals surface area (Å²) in [6, 6.07) is 12.8. The number of ether oxygens (including phenoxy) is 1. The van der Waals surface area contributed by atoms with Crippen molar-refractivity contribution < 1.29 is 14.4 Å². The minimum absolute atomic E-state index is 0.252. The van der Waals surface area contributed by atoms with Crippen LogP contribution >= 0.6 is 0 Å². The number of hydroxylamine groups is 2. The molecule has 0 aliphatic rings. The number of benzene rings is 2. The number of nitrogens with two attached hydrogens (primary N) is 1. The average molecular weight is 391 g/mol. The summed E-state index contributed by atoms with van der Waals surface area (Å²) < 4.78 is 6.90. The van der Waals surface area contributed by atoms with Crippen molar-refractivity contribution in [3.63, 3.8) is 0 Å². The van der Waals surface area contributed by atoms with Gasteiger partial charge in [-0.05, 0) is 35.9 Å². The lowest BCUT2D eigenvalue weighted by Crippen LogP contribution is -2.29. The first kappa shape index (κ1) is 18.7. The highest BCUT2D eigenvalue weighted by atomic mass is 16.7. The average Bonchev–Trinajstić information content (AvgIpc) is 3.14. The molecule has 0 saturated carbocycles. The third-order valence-corrected chi connectivity index (χ3v) is 4.89. The van der Waals surface area contributed by atoms with E-state index in [1.807, 2.05) is 31.3 Å². The second-order valence-electron chi connectivity index (χ2n) is 6.63. The Morgan fingerprint density at radius 2 is 1.90 bits per heavy atom. The minimum atomic E-state index is -0.252. The van der Waals surface area contributed by atoms with Gasteiger partial charge >= 0.3 is 0 Å². The zero-order chi connectivity index (χ0) is 20.5. The maximum atomic E-state index is 13.1. The van der Waals surface area contributed by atoms with Crippen LogP contribution in [0.3, 0.4) is 0 Å². The van der Waals surface area contributed by atoms with Crippen molar-refractivity contribution in [2.24, 2.45) is 7.05 Å². The van der Waals surface area contributed by atoms with Gasteiger partial charge in [-0.3, -0.25) is 14.3 Å². The van der Waals surface area contributed by atoms with E-state index in [2.05, 4.69) is 10.1 Å². The number of rotatable bonds is 5. The molecule has 29 heavy (non-hydrogen) atoms. The van der Waals surface area contributed by atoms with Gasteiger partial charge in [-0.15, -0.1) is 0 Å². The van der Waals surface area contributed by atoms with Gasteiger partial charge in [-0.1, -0.05) is 12.1 Å². The predicted molar refractivity (Wildman–Crippen MR) is 110 cm³/mol.